The predicted octanol–water partition coefficient (Wildman–Crippen LogP) is 3.02. The van der Waals surface area contributed by atoms with Gasteiger partial charge in [-0.1, -0.05) is 5.16 Å². The van der Waals surface area contributed by atoms with Crippen molar-refractivity contribution in [3.05, 3.63) is 29.9 Å². The number of hydrogen-bond donors (Lipinski definition) is 0. The van der Waals surface area contributed by atoms with Gasteiger partial charge in [0, 0.05) is 24.7 Å². The standard InChI is InChI=1S/C15H18F2N4O/c1-10-8-22-19-13(10)14(11-2-3-11)21-7-12(6-18-21)20-5-4-15(16,17)9-20/h6-8,11,14H,2-5,9H2,1H3. The van der Waals surface area contributed by atoms with E-state index in [0.717, 1.165) is 29.8 Å². The van der Waals surface area contributed by atoms with Gasteiger partial charge in [-0.3, -0.25) is 4.68 Å². The molecule has 1 aliphatic carbocycles. The Kier molecular flexibility index (Phi) is 2.99. The molecule has 0 amide bonds. The number of nitrogens with zero attached hydrogens (tertiary/aromatic N) is 4. The van der Waals surface area contributed by atoms with Gasteiger partial charge in [0.1, 0.15) is 18.0 Å². The molecule has 1 unspecified atom stereocenters. The molecule has 118 valence electrons. The molecular formula is C15H18F2N4O. The third kappa shape index (κ3) is 2.38. The maximum atomic E-state index is 13.4. The van der Waals surface area contributed by atoms with Crippen molar-refractivity contribution >= 4 is 5.69 Å². The molecule has 4 rings (SSSR count). The third-order valence-electron chi connectivity index (χ3n) is 4.54. The molecule has 2 aromatic heterocycles. The van der Waals surface area contributed by atoms with E-state index in [0.29, 0.717) is 12.5 Å². The van der Waals surface area contributed by atoms with Gasteiger partial charge in [0.15, 0.2) is 0 Å². The van der Waals surface area contributed by atoms with Crippen molar-refractivity contribution in [2.75, 3.05) is 18.0 Å². The van der Waals surface area contributed by atoms with E-state index in [1.54, 1.807) is 17.4 Å². The molecular weight excluding hydrogens is 290 g/mol. The largest absolute Gasteiger partial charge is 0.364 e. The Labute approximate surface area is 126 Å². The summed E-state index contributed by atoms with van der Waals surface area (Å²) in [5, 5.41) is 8.53. The fourth-order valence-electron chi connectivity index (χ4n) is 3.16. The molecule has 5 nitrogen and oxygen atoms in total. The van der Waals surface area contributed by atoms with Crippen molar-refractivity contribution < 1.29 is 13.3 Å². The molecule has 7 heteroatoms. The molecule has 0 aromatic carbocycles. The van der Waals surface area contributed by atoms with Crippen LogP contribution in [-0.2, 0) is 0 Å². The topological polar surface area (TPSA) is 47.1 Å². The summed E-state index contributed by atoms with van der Waals surface area (Å²) in [6, 6.07) is 0.0376. The number of halogens is 2. The first kappa shape index (κ1) is 13.7. The minimum absolute atomic E-state index is 0.0376. The quantitative estimate of drug-likeness (QED) is 0.871. The van der Waals surface area contributed by atoms with Crippen LogP contribution in [0.3, 0.4) is 0 Å². The lowest BCUT2D eigenvalue weighted by Crippen LogP contribution is -2.24. The molecule has 1 aliphatic heterocycles. The van der Waals surface area contributed by atoms with Crippen molar-refractivity contribution in [1.29, 1.82) is 0 Å². The van der Waals surface area contributed by atoms with Gasteiger partial charge in [-0.05, 0) is 25.7 Å². The zero-order chi connectivity index (χ0) is 15.3. The van der Waals surface area contributed by atoms with Crippen LogP contribution >= 0.6 is 0 Å². The molecule has 0 N–H and O–H groups in total. The van der Waals surface area contributed by atoms with E-state index in [1.165, 1.54) is 0 Å². The summed E-state index contributed by atoms with van der Waals surface area (Å²) in [6.07, 6.45) is 7.34. The van der Waals surface area contributed by atoms with Crippen molar-refractivity contribution in [1.82, 2.24) is 14.9 Å². The van der Waals surface area contributed by atoms with Crippen LogP contribution < -0.4 is 4.90 Å². The summed E-state index contributed by atoms with van der Waals surface area (Å²) in [5.41, 5.74) is 2.65. The van der Waals surface area contributed by atoms with Crippen molar-refractivity contribution in [3.8, 4) is 0 Å². The van der Waals surface area contributed by atoms with Crippen molar-refractivity contribution in [2.24, 2.45) is 5.92 Å². The van der Waals surface area contributed by atoms with Gasteiger partial charge in [0.25, 0.3) is 5.92 Å². The molecule has 1 saturated heterocycles. The minimum atomic E-state index is -2.60. The molecule has 0 bridgehead atoms. The summed E-state index contributed by atoms with van der Waals surface area (Å²) in [7, 11) is 0. The van der Waals surface area contributed by atoms with Crippen LogP contribution in [0.2, 0.25) is 0 Å². The van der Waals surface area contributed by atoms with Gasteiger partial charge in [0.05, 0.1) is 18.4 Å². The first-order valence-electron chi connectivity index (χ1n) is 7.61. The smallest absolute Gasteiger partial charge is 0.266 e. The molecule has 2 aliphatic rings. The molecule has 0 radical (unpaired) electrons. The lowest BCUT2D eigenvalue weighted by Gasteiger charge is -2.17. The van der Waals surface area contributed by atoms with E-state index >= 15 is 0 Å². The van der Waals surface area contributed by atoms with E-state index < -0.39 is 5.92 Å². The number of anilines is 1. The van der Waals surface area contributed by atoms with Crippen LogP contribution in [0.15, 0.2) is 23.2 Å². The SMILES string of the molecule is Cc1conc1C(C1CC1)n1cc(N2CCC(F)(F)C2)cn1. The molecule has 1 saturated carbocycles. The van der Waals surface area contributed by atoms with Gasteiger partial charge in [0.2, 0.25) is 0 Å². The van der Waals surface area contributed by atoms with Crippen molar-refractivity contribution in [2.45, 2.75) is 38.2 Å². The van der Waals surface area contributed by atoms with Gasteiger partial charge < -0.3 is 9.42 Å². The molecule has 2 fully saturated rings. The number of hydrogen-bond acceptors (Lipinski definition) is 4. The Morgan fingerprint density at radius 1 is 1.41 bits per heavy atom. The Morgan fingerprint density at radius 2 is 2.23 bits per heavy atom. The highest BCUT2D eigenvalue weighted by Gasteiger charge is 2.40. The summed E-state index contributed by atoms with van der Waals surface area (Å²) in [5.74, 6) is -2.10. The number of alkyl halides is 2. The van der Waals surface area contributed by atoms with E-state index in [4.69, 9.17) is 4.52 Å². The minimum Gasteiger partial charge on any atom is -0.364 e. The number of aryl methyl sites for hydroxylation is 1. The average molecular weight is 308 g/mol. The average Bonchev–Trinajstić information content (AvgIpc) is 2.85. The number of rotatable bonds is 4. The van der Waals surface area contributed by atoms with Crippen LogP contribution in [0, 0.1) is 12.8 Å². The van der Waals surface area contributed by atoms with E-state index in [2.05, 4.69) is 10.3 Å². The fourth-order valence-corrected chi connectivity index (χ4v) is 3.16. The van der Waals surface area contributed by atoms with Gasteiger partial charge >= 0.3 is 0 Å². The first-order valence-corrected chi connectivity index (χ1v) is 7.61. The molecule has 2 aromatic rings. The Morgan fingerprint density at radius 3 is 2.82 bits per heavy atom. The highest BCUT2D eigenvalue weighted by Crippen LogP contribution is 2.44. The summed E-state index contributed by atoms with van der Waals surface area (Å²) in [6.45, 7) is 2.11. The highest BCUT2D eigenvalue weighted by molar-refractivity contribution is 5.44. The zero-order valence-electron chi connectivity index (χ0n) is 12.4. The maximum absolute atomic E-state index is 13.4. The maximum Gasteiger partial charge on any atom is 0.266 e. The highest BCUT2D eigenvalue weighted by atomic mass is 19.3. The van der Waals surface area contributed by atoms with Crippen LogP contribution in [0.1, 0.15) is 36.6 Å². The van der Waals surface area contributed by atoms with Crippen LogP contribution in [0.5, 0.6) is 0 Å². The van der Waals surface area contributed by atoms with E-state index in [-0.39, 0.29) is 19.0 Å². The zero-order valence-corrected chi connectivity index (χ0v) is 12.4. The fraction of sp³-hybridized carbons (Fsp3) is 0.600. The molecule has 3 heterocycles. The third-order valence-corrected chi connectivity index (χ3v) is 4.54. The van der Waals surface area contributed by atoms with Gasteiger partial charge in [-0.25, -0.2) is 8.78 Å². The second-order valence-corrected chi connectivity index (χ2v) is 6.37. The van der Waals surface area contributed by atoms with Crippen LogP contribution in [0.25, 0.3) is 0 Å². The van der Waals surface area contributed by atoms with Crippen LogP contribution in [-0.4, -0.2) is 33.9 Å². The molecule has 1 atom stereocenters. The van der Waals surface area contributed by atoms with Crippen LogP contribution in [0.4, 0.5) is 14.5 Å². The normalized spacial score (nSPS) is 22.2. The van der Waals surface area contributed by atoms with Crippen molar-refractivity contribution in [3.63, 3.8) is 0 Å². The lowest BCUT2D eigenvalue weighted by molar-refractivity contribution is 0.0257. The lowest BCUT2D eigenvalue weighted by atomic mass is 10.1. The number of aromatic nitrogens is 3. The summed E-state index contributed by atoms with van der Waals surface area (Å²) in [4.78, 5) is 1.70. The Bertz CT molecular complexity index is 677. The second kappa shape index (κ2) is 4.79. The Balaban J connectivity index is 1.61. The van der Waals surface area contributed by atoms with E-state index in [1.807, 2.05) is 17.8 Å². The summed E-state index contributed by atoms with van der Waals surface area (Å²) >= 11 is 0. The summed E-state index contributed by atoms with van der Waals surface area (Å²) < 4.78 is 33.7. The first-order chi connectivity index (χ1) is 10.5. The van der Waals surface area contributed by atoms with Gasteiger partial charge in [-0.2, -0.15) is 5.10 Å². The Hall–Kier alpha value is -1.92. The molecule has 22 heavy (non-hydrogen) atoms. The predicted molar refractivity (Wildman–Crippen MR) is 76.1 cm³/mol. The van der Waals surface area contributed by atoms with E-state index in [9.17, 15) is 8.78 Å². The monoisotopic (exact) mass is 308 g/mol. The molecule has 0 spiro atoms. The van der Waals surface area contributed by atoms with Gasteiger partial charge in [-0.15, -0.1) is 0 Å². The second-order valence-electron chi connectivity index (χ2n) is 6.37.